The summed E-state index contributed by atoms with van der Waals surface area (Å²) < 4.78 is 0. The van der Waals surface area contributed by atoms with Crippen molar-refractivity contribution in [2.45, 2.75) is 13.3 Å². The largest absolute Gasteiger partial charge is 0.339 e. The summed E-state index contributed by atoms with van der Waals surface area (Å²) in [5, 5.41) is 0. The lowest BCUT2D eigenvalue weighted by atomic mass is 10.2. The van der Waals surface area contributed by atoms with Gasteiger partial charge in [0.05, 0.1) is 0 Å². The van der Waals surface area contributed by atoms with E-state index in [1.165, 1.54) is 0 Å². The Kier molecular flexibility index (Phi) is 4.22. The van der Waals surface area contributed by atoms with Crippen LogP contribution in [0.25, 0.3) is 6.08 Å². The van der Waals surface area contributed by atoms with E-state index in [1.807, 2.05) is 17.0 Å². The van der Waals surface area contributed by atoms with Crippen LogP contribution < -0.4 is 0 Å². The molecule has 2 amide bonds. The minimum atomic E-state index is -0.00394. The molecule has 3 rings (SSSR count). The molecule has 22 heavy (non-hydrogen) atoms. The molecule has 2 heterocycles. The molecule has 1 saturated heterocycles. The van der Waals surface area contributed by atoms with Crippen LogP contribution in [0.15, 0.2) is 30.6 Å². The van der Waals surface area contributed by atoms with Crippen LogP contribution in [0.4, 0.5) is 0 Å². The molecular weight excluding hydrogens is 278 g/mol. The Morgan fingerprint density at radius 3 is 2.50 bits per heavy atom. The molecule has 2 atom stereocenters. The van der Waals surface area contributed by atoms with Crippen molar-refractivity contribution in [2.24, 2.45) is 11.8 Å². The van der Waals surface area contributed by atoms with Gasteiger partial charge in [0, 0.05) is 50.6 Å². The Morgan fingerprint density at radius 1 is 1.23 bits per heavy atom. The van der Waals surface area contributed by atoms with Crippen molar-refractivity contribution in [1.82, 2.24) is 14.8 Å². The Bertz CT molecular complexity index is 577. The zero-order valence-electron chi connectivity index (χ0n) is 12.8. The summed E-state index contributed by atoms with van der Waals surface area (Å²) in [7, 11) is 0. The minimum absolute atomic E-state index is 0.00394. The molecule has 1 aliphatic heterocycles. The fourth-order valence-corrected chi connectivity index (χ4v) is 2.80. The fraction of sp³-hybridized carbons (Fsp3) is 0.471. The van der Waals surface area contributed by atoms with E-state index >= 15 is 0 Å². The molecule has 1 aromatic heterocycles. The second-order valence-electron chi connectivity index (χ2n) is 6.09. The number of nitrogens with zero attached hydrogens (tertiary/aromatic N) is 3. The smallest absolute Gasteiger partial charge is 0.246 e. The Morgan fingerprint density at radius 2 is 1.91 bits per heavy atom. The van der Waals surface area contributed by atoms with Crippen LogP contribution in [-0.4, -0.2) is 52.8 Å². The average Bonchev–Trinajstić information content (AvgIpc) is 3.30. The topological polar surface area (TPSA) is 53.5 Å². The maximum Gasteiger partial charge on any atom is 0.246 e. The van der Waals surface area contributed by atoms with Crippen molar-refractivity contribution in [1.29, 1.82) is 0 Å². The van der Waals surface area contributed by atoms with Gasteiger partial charge in [-0.25, -0.2) is 0 Å². The van der Waals surface area contributed by atoms with Crippen molar-refractivity contribution in [3.8, 4) is 0 Å². The predicted molar refractivity (Wildman–Crippen MR) is 83.7 cm³/mol. The quantitative estimate of drug-likeness (QED) is 0.793. The molecule has 1 aromatic rings. The highest BCUT2D eigenvalue weighted by Crippen LogP contribution is 2.39. The number of hydrogen-bond donors (Lipinski definition) is 0. The summed E-state index contributed by atoms with van der Waals surface area (Å²) in [6.45, 7) is 4.64. The number of pyridine rings is 1. The first-order valence-electron chi connectivity index (χ1n) is 7.81. The summed E-state index contributed by atoms with van der Waals surface area (Å²) in [6, 6.07) is 3.75. The highest BCUT2D eigenvalue weighted by molar-refractivity contribution is 5.92. The number of piperazine rings is 1. The third-order valence-electron chi connectivity index (χ3n) is 4.43. The standard InChI is InChI=1S/C17H21N3O2/c1-13-11-15(13)17(22)20-9-7-19(8-10-20)16(21)5-4-14-3-2-6-18-12-14/h2-6,12-13,15H,7-11H2,1H3/b5-4+/t13-,15+/m1/s1. The molecule has 0 aromatic carbocycles. The molecule has 5 nitrogen and oxygen atoms in total. The Hall–Kier alpha value is -2.17. The van der Waals surface area contributed by atoms with E-state index in [2.05, 4.69) is 11.9 Å². The maximum absolute atomic E-state index is 12.2. The zero-order valence-corrected chi connectivity index (χ0v) is 12.8. The van der Waals surface area contributed by atoms with Crippen LogP contribution in [0, 0.1) is 11.8 Å². The van der Waals surface area contributed by atoms with Crippen LogP contribution >= 0.6 is 0 Å². The fourth-order valence-electron chi connectivity index (χ4n) is 2.80. The lowest BCUT2D eigenvalue weighted by Crippen LogP contribution is -2.50. The van der Waals surface area contributed by atoms with Gasteiger partial charge in [0.1, 0.15) is 0 Å². The number of hydrogen-bond acceptors (Lipinski definition) is 3. The second-order valence-corrected chi connectivity index (χ2v) is 6.09. The highest BCUT2D eigenvalue weighted by atomic mass is 16.2. The molecule has 0 bridgehead atoms. The van der Waals surface area contributed by atoms with Crippen molar-refractivity contribution in [2.75, 3.05) is 26.2 Å². The predicted octanol–water partition coefficient (Wildman–Crippen LogP) is 1.42. The zero-order chi connectivity index (χ0) is 15.5. The minimum Gasteiger partial charge on any atom is -0.339 e. The van der Waals surface area contributed by atoms with Gasteiger partial charge < -0.3 is 9.80 Å². The van der Waals surface area contributed by atoms with Gasteiger partial charge in [0.25, 0.3) is 0 Å². The van der Waals surface area contributed by atoms with Crippen molar-refractivity contribution in [3.05, 3.63) is 36.2 Å². The molecular formula is C17H21N3O2. The molecule has 0 unspecified atom stereocenters. The summed E-state index contributed by atoms with van der Waals surface area (Å²) >= 11 is 0. The van der Waals surface area contributed by atoms with Crippen LogP contribution in [0.3, 0.4) is 0 Å². The van der Waals surface area contributed by atoms with Crippen LogP contribution in [-0.2, 0) is 9.59 Å². The van der Waals surface area contributed by atoms with E-state index in [4.69, 9.17) is 0 Å². The first-order chi connectivity index (χ1) is 10.6. The van der Waals surface area contributed by atoms with Gasteiger partial charge >= 0.3 is 0 Å². The molecule has 0 spiro atoms. The van der Waals surface area contributed by atoms with E-state index in [1.54, 1.807) is 29.4 Å². The summed E-state index contributed by atoms with van der Waals surface area (Å²) in [4.78, 5) is 32.0. The van der Waals surface area contributed by atoms with Gasteiger partial charge in [-0.05, 0) is 30.0 Å². The Balaban J connectivity index is 1.49. The van der Waals surface area contributed by atoms with Gasteiger partial charge in [-0.1, -0.05) is 13.0 Å². The van der Waals surface area contributed by atoms with E-state index in [0.717, 1.165) is 12.0 Å². The first-order valence-corrected chi connectivity index (χ1v) is 7.81. The molecule has 2 fully saturated rings. The van der Waals surface area contributed by atoms with E-state index in [0.29, 0.717) is 32.1 Å². The van der Waals surface area contributed by atoms with Gasteiger partial charge in [-0.2, -0.15) is 0 Å². The summed E-state index contributed by atoms with van der Waals surface area (Å²) in [5.41, 5.74) is 0.910. The van der Waals surface area contributed by atoms with Crippen molar-refractivity contribution >= 4 is 17.9 Å². The number of carbonyl (C=O) groups is 2. The maximum atomic E-state index is 12.2. The Labute approximate surface area is 130 Å². The summed E-state index contributed by atoms with van der Waals surface area (Å²) in [5.74, 6) is 1.03. The highest BCUT2D eigenvalue weighted by Gasteiger charge is 2.42. The SMILES string of the molecule is C[C@@H]1C[C@@H]1C(=O)N1CCN(C(=O)/C=C/c2cccnc2)CC1. The molecule has 2 aliphatic rings. The summed E-state index contributed by atoms with van der Waals surface area (Å²) in [6.07, 6.45) is 7.80. The molecule has 5 heteroatoms. The lowest BCUT2D eigenvalue weighted by molar-refractivity contribution is -0.138. The monoisotopic (exact) mass is 299 g/mol. The molecule has 1 aliphatic carbocycles. The lowest BCUT2D eigenvalue weighted by Gasteiger charge is -2.34. The van der Waals surface area contributed by atoms with Gasteiger partial charge in [-0.3, -0.25) is 14.6 Å². The van der Waals surface area contributed by atoms with Crippen molar-refractivity contribution in [3.63, 3.8) is 0 Å². The van der Waals surface area contributed by atoms with Crippen LogP contribution in [0.1, 0.15) is 18.9 Å². The average molecular weight is 299 g/mol. The van der Waals surface area contributed by atoms with E-state index < -0.39 is 0 Å². The molecule has 1 saturated carbocycles. The third-order valence-corrected chi connectivity index (χ3v) is 4.43. The van der Waals surface area contributed by atoms with Crippen LogP contribution in [0.5, 0.6) is 0 Å². The first kappa shape index (κ1) is 14.8. The number of amides is 2. The van der Waals surface area contributed by atoms with Gasteiger partial charge in [0.15, 0.2) is 0 Å². The van der Waals surface area contributed by atoms with Gasteiger partial charge in [-0.15, -0.1) is 0 Å². The van der Waals surface area contributed by atoms with E-state index in [-0.39, 0.29) is 17.7 Å². The number of rotatable bonds is 3. The second kappa shape index (κ2) is 6.30. The number of carbonyl (C=O) groups excluding carboxylic acids is 2. The molecule has 0 N–H and O–H groups in total. The third kappa shape index (κ3) is 3.35. The van der Waals surface area contributed by atoms with Crippen LogP contribution in [0.2, 0.25) is 0 Å². The number of aromatic nitrogens is 1. The van der Waals surface area contributed by atoms with E-state index in [9.17, 15) is 9.59 Å². The molecule has 0 radical (unpaired) electrons. The molecule has 116 valence electrons. The van der Waals surface area contributed by atoms with Gasteiger partial charge in [0.2, 0.25) is 11.8 Å². The van der Waals surface area contributed by atoms with Crippen molar-refractivity contribution < 1.29 is 9.59 Å². The normalized spacial score (nSPS) is 24.6.